The number of hydrogen-bond donors (Lipinski definition) is 0. The van der Waals surface area contributed by atoms with E-state index in [4.69, 9.17) is 11.6 Å². The fourth-order valence-corrected chi connectivity index (χ4v) is 5.07. The van der Waals surface area contributed by atoms with Crippen LogP contribution in [0.1, 0.15) is 55.2 Å². The van der Waals surface area contributed by atoms with Crippen molar-refractivity contribution in [3.05, 3.63) is 93.8 Å². The van der Waals surface area contributed by atoms with Gasteiger partial charge in [-0.05, 0) is 79.3 Å². The molecule has 174 valence electrons. The second kappa shape index (κ2) is 10.8. The standard InChI is InChI=1S/C29H30ClF3/c1-19-2-4-20(5-3-19)6-7-21-8-10-22(11-9-21)12-13-23-14-15-25(26(31)16-23)24-17-27(32)29(30)28(33)18-24/h2-5,14-18,21-22H,6-13H2,1H3. The van der Waals surface area contributed by atoms with Gasteiger partial charge in [0.05, 0.1) is 0 Å². The van der Waals surface area contributed by atoms with Crippen molar-refractivity contribution in [1.29, 1.82) is 0 Å². The SMILES string of the molecule is Cc1ccc(CCC2CCC(CCc3ccc(-c4cc(F)c(Cl)c(F)c4)c(F)c3)CC2)cc1. The fraction of sp³-hybridized carbons (Fsp3) is 0.379. The van der Waals surface area contributed by atoms with Crippen molar-refractivity contribution < 1.29 is 13.2 Å². The van der Waals surface area contributed by atoms with Crippen LogP contribution >= 0.6 is 11.6 Å². The minimum atomic E-state index is -0.885. The summed E-state index contributed by atoms with van der Waals surface area (Å²) in [7, 11) is 0. The van der Waals surface area contributed by atoms with Gasteiger partial charge in [0.25, 0.3) is 0 Å². The molecule has 4 rings (SSSR count). The average Bonchev–Trinajstić information content (AvgIpc) is 2.81. The molecule has 0 unspecified atom stereocenters. The summed E-state index contributed by atoms with van der Waals surface area (Å²) in [6.07, 6.45) is 9.31. The van der Waals surface area contributed by atoms with E-state index in [0.717, 1.165) is 42.9 Å². The lowest BCUT2D eigenvalue weighted by Gasteiger charge is -2.28. The van der Waals surface area contributed by atoms with Crippen LogP contribution in [0.25, 0.3) is 11.1 Å². The van der Waals surface area contributed by atoms with Crippen molar-refractivity contribution in [1.82, 2.24) is 0 Å². The Morgan fingerprint density at radius 2 is 1.21 bits per heavy atom. The second-order valence-corrected chi connectivity index (χ2v) is 9.90. The van der Waals surface area contributed by atoms with Crippen molar-refractivity contribution in [3.63, 3.8) is 0 Å². The molecule has 3 aromatic rings. The van der Waals surface area contributed by atoms with Gasteiger partial charge < -0.3 is 0 Å². The summed E-state index contributed by atoms with van der Waals surface area (Å²) >= 11 is 5.53. The lowest BCUT2D eigenvalue weighted by atomic mass is 9.77. The van der Waals surface area contributed by atoms with E-state index in [-0.39, 0.29) is 11.1 Å². The normalized spacial score (nSPS) is 18.5. The van der Waals surface area contributed by atoms with E-state index in [2.05, 4.69) is 31.2 Å². The first-order valence-corrected chi connectivity index (χ1v) is 12.3. The third kappa shape index (κ3) is 6.20. The highest BCUT2D eigenvalue weighted by atomic mass is 35.5. The van der Waals surface area contributed by atoms with E-state index >= 15 is 0 Å². The van der Waals surface area contributed by atoms with Gasteiger partial charge >= 0.3 is 0 Å². The monoisotopic (exact) mass is 470 g/mol. The molecule has 1 aliphatic carbocycles. The molecule has 0 spiro atoms. The van der Waals surface area contributed by atoms with Crippen LogP contribution in [0.15, 0.2) is 54.6 Å². The molecule has 0 saturated heterocycles. The Kier molecular flexibility index (Phi) is 7.80. The summed E-state index contributed by atoms with van der Waals surface area (Å²) in [4.78, 5) is 0. The van der Waals surface area contributed by atoms with Gasteiger partial charge in [-0.25, -0.2) is 13.2 Å². The van der Waals surface area contributed by atoms with Crippen molar-refractivity contribution in [2.45, 2.75) is 58.3 Å². The molecule has 0 amide bonds. The van der Waals surface area contributed by atoms with Gasteiger partial charge in [-0.3, -0.25) is 0 Å². The van der Waals surface area contributed by atoms with E-state index in [9.17, 15) is 13.2 Å². The molecule has 0 aromatic heterocycles. The molecule has 0 nitrogen and oxygen atoms in total. The Morgan fingerprint density at radius 3 is 1.76 bits per heavy atom. The van der Waals surface area contributed by atoms with E-state index in [1.165, 1.54) is 49.3 Å². The molecule has 1 saturated carbocycles. The van der Waals surface area contributed by atoms with Crippen LogP contribution in [-0.4, -0.2) is 0 Å². The van der Waals surface area contributed by atoms with Crippen molar-refractivity contribution in [3.8, 4) is 11.1 Å². The smallest absolute Gasteiger partial charge is 0.145 e. The molecular weight excluding hydrogens is 441 g/mol. The van der Waals surface area contributed by atoms with Gasteiger partial charge in [-0.2, -0.15) is 0 Å². The summed E-state index contributed by atoms with van der Waals surface area (Å²) in [6.45, 7) is 2.12. The lowest BCUT2D eigenvalue weighted by Crippen LogP contribution is -2.15. The zero-order valence-electron chi connectivity index (χ0n) is 19.0. The van der Waals surface area contributed by atoms with Crippen LogP contribution in [0.2, 0.25) is 5.02 Å². The summed E-state index contributed by atoms with van der Waals surface area (Å²) in [5.74, 6) is -0.745. The lowest BCUT2D eigenvalue weighted by molar-refractivity contribution is 0.253. The third-order valence-electron chi connectivity index (χ3n) is 7.10. The Morgan fingerprint density at radius 1 is 0.697 bits per heavy atom. The molecule has 4 heteroatoms. The maximum absolute atomic E-state index is 14.7. The Balaban J connectivity index is 1.26. The average molecular weight is 471 g/mol. The quantitative estimate of drug-likeness (QED) is 0.302. The Bertz CT molecular complexity index is 1060. The molecule has 0 atom stereocenters. The van der Waals surface area contributed by atoms with Crippen molar-refractivity contribution in [2.24, 2.45) is 11.8 Å². The van der Waals surface area contributed by atoms with Crippen LogP contribution < -0.4 is 0 Å². The zero-order valence-corrected chi connectivity index (χ0v) is 19.8. The minimum absolute atomic E-state index is 0.155. The molecule has 33 heavy (non-hydrogen) atoms. The van der Waals surface area contributed by atoms with Gasteiger partial charge in [-0.1, -0.05) is 79.2 Å². The number of halogens is 4. The molecule has 1 aliphatic rings. The second-order valence-electron chi connectivity index (χ2n) is 9.52. The predicted octanol–water partition coefficient (Wildman–Crippen LogP) is 9.10. The first-order valence-electron chi connectivity index (χ1n) is 11.9. The third-order valence-corrected chi connectivity index (χ3v) is 7.46. The van der Waals surface area contributed by atoms with Crippen molar-refractivity contribution >= 4 is 11.6 Å². The molecule has 3 aromatic carbocycles. The van der Waals surface area contributed by atoms with Crippen LogP contribution in [0.5, 0.6) is 0 Å². The number of hydrogen-bond acceptors (Lipinski definition) is 0. The fourth-order valence-electron chi connectivity index (χ4n) is 4.96. The molecular formula is C29H30ClF3. The van der Waals surface area contributed by atoms with E-state index in [1.54, 1.807) is 6.07 Å². The van der Waals surface area contributed by atoms with Crippen molar-refractivity contribution in [2.75, 3.05) is 0 Å². The van der Waals surface area contributed by atoms with Gasteiger partial charge in [-0.15, -0.1) is 0 Å². The largest absolute Gasteiger partial charge is 0.206 e. The predicted molar refractivity (Wildman–Crippen MR) is 130 cm³/mol. The molecule has 0 heterocycles. The first kappa shape index (κ1) is 23.9. The summed E-state index contributed by atoms with van der Waals surface area (Å²) in [5.41, 5.74) is 4.00. The van der Waals surface area contributed by atoms with Gasteiger partial charge in [0.2, 0.25) is 0 Å². The first-order chi connectivity index (χ1) is 15.9. The molecule has 0 bridgehead atoms. The van der Waals surface area contributed by atoms with Crippen LogP contribution in [-0.2, 0) is 12.8 Å². The highest BCUT2D eigenvalue weighted by Crippen LogP contribution is 2.35. The number of aryl methyl sites for hydroxylation is 3. The van der Waals surface area contributed by atoms with Gasteiger partial charge in [0.1, 0.15) is 22.5 Å². The van der Waals surface area contributed by atoms with Gasteiger partial charge in [0, 0.05) is 5.56 Å². The summed E-state index contributed by atoms with van der Waals surface area (Å²) in [6, 6.07) is 16.0. The Labute approximate surface area is 199 Å². The van der Waals surface area contributed by atoms with Crippen LogP contribution in [0.4, 0.5) is 13.2 Å². The summed E-state index contributed by atoms with van der Waals surface area (Å²) < 4.78 is 42.2. The molecule has 0 aliphatic heterocycles. The molecule has 1 fully saturated rings. The van der Waals surface area contributed by atoms with E-state index in [0.29, 0.717) is 5.92 Å². The minimum Gasteiger partial charge on any atom is -0.206 e. The topological polar surface area (TPSA) is 0 Å². The number of benzene rings is 3. The maximum Gasteiger partial charge on any atom is 0.145 e. The molecule has 0 N–H and O–H groups in total. The maximum atomic E-state index is 14.7. The highest BCUT2D eigenvalue weighted by Gasteiger charge is 2.21. The molecule has 0 radical (unpaired) electrons. The Hall–Kier alpha value is -2.26. The van der Waals surface area contributed by atoms with Gasteiger partial charge in [0.15, 0.2) is 0 Å². The van der Waals surface area contributed by atoms with Crippen LogP contribution in [0.3, 0.4) is 0 Å². The van der Waals surface area contributed by atoms with Crippen LogP contribution in [0, 0.1) is 36.2 Å². The van der Waals surface area contributed by atoms with E-state index in [1.807, 2.05) is 6.07 Å². The van der Waals surface area contributed by atoms with E-state index < -0.39 is 22.5 Å². The zero-order chi connectivity index (χ0) is 23.4. The number of rotatable bonds is 7. The highest BCUT2D eigenvalue weighted by molar-refractivity contribution is 6.31. The summed E-state index contributed by atoms with van der Waals surface area (Å²) in [5, 5.41) is -0.569.